The summed E-state index contributed by atoms with van der Waals surface area (Å²) in [5.74, 6) is 0.196. The second-order valence-electron chi connectivity index (χ2n) is 6.93. The first-order valence-corrected chi connectivity index (χ1v) is 10.7. The molecule has 150 valence electrons. The number of rotatable bonds is 9. The van der Waals surface area contributed by atoms with Crippen LogP contribution in [0.3, 0.4) is 0 Å². The first kappa shape index (κ1) is 22.0. The van der Waals surface area contributed by atoms with Crippen LogP contribution < -0.4 is 5.32 Å². The van der Waals surface area contributed by atoms with Crippen molar-refractivity contribution in [3.63, 3.8) is 0 Å². The second kappa shape index (κ2) is 10.9. The lowest BCUT2D eigenvalue weighted by atomic mass is 10.1. The van der Waals surface area contributed by atoms with Crippen molar-refractivity contribution in [1.29, 1.82) is 0 Å². The average Bonchev–Trinajstić information content (AvgIpc) is 2.67. The number of carbonyl (C=O) groups excluding carboxylic acids is 2. The van der Waals surface area contributed by atoms with Crippen LogP contribution in [-0.2, 0) is 16.1 Å². The summed E-state index contributed by atoms with van der Waals surface area (Å²) >= 11 is 1.51. The molecule has 2 amide bonds. The van der Waals surface area contributed by atoms with E-state index in [0.29, 0.717) is 25.3 Å². The average molecular weight is 399 g/mol. The fourth-order valence-corrected chi connectivity index (χ4v) is 3.87. The van der Waals surface area contributed by atoms with Gasteiger partial charge in [0.2, 0.25) is 11.8 Å². The van der Waals surface area contributed by atoms with Gasteiger partial charge in [0.05, 0.1) is 5.75 Å². The number of aryl methyl sites for hydroxylation is 2. The minimum atomic E-state index is -0.466. The summed E-state index contributed by atoms with van der Waals surface area (Å²) in [6.45, 7) is 8.91. The lowest BCUT2D eigenvalue weighted by Crippen LogP contribution is -2.49. The molecule has 1 atom stereocenters. The summed E-state index contributed by atoms with van der Waals surface area (Å²) in [5.41, 5.74) is 3.38. The second-order valence-corrected chi connectivity index (χ2v) is 7.98. The molecule has 2 rings (SSSR count). The third-order valence-corrected chi connectivity index (χ3v) is 5.55. The molecule has 0 saturated heterocycles. The topological polar surface area (TPSA) is 49.4 Å². The molecule has 4 nitrogen and oxygen atoms in total. The van der Waals surface area contributed by atoms with E-state index in [0.717, 1.165) is 16.0 Å². The molecule has 0 aliphatic carbocycles. The Morgan fingerprint density at radius 3 is 2.36 bits per heavy atom. The zero-order valence-electron chi connectivity index (χ0n) is 17.2. The zero-order chi connectivity index (χ0) is 20.5. The highest BCUT2D eigenvalue weighted by molar-refractivity contribution is 8.00. The molecule has 0 spiro atoms. The van der Waals surface area contributed by atoms with Gasteiger partial charge in [-0.2, -0.15) is 0 Å². The molecule has 0 aliphatic heterocycles. The maximum atomic E-state index is 13.1. The molecule has 0 unspecified atom stereocenters. The highest BCUT2D eigenvalue weighted by Crippen LogP contribution is 2.21. The number of amides is 2. The molecule has 1 N–H and O–H groups in total. The summed E-state index contributed by atoms with van der Waals surface area (Å²) < 4.78 is 0. The van der Waals surface area contributed by atoms with E-state index in [1.54, 1.807) is 4.90 Å². The molecular formula is C23H30N2O2S. The van der Waals surface area contributed by atoms with Crippen molar-refractivity contribution in [3.8, 4) is 0 Å². The van der Waals surface area contributed by atoms with E-state index in [1.165, 1.54) is 17.3 Å². The number of thioether (sulfide) groups is 1. The van der Waals surface area contributed by atoms with Crippen LogP contribution >= 0.6 is 11.8 Å². The predicted molar refractivity (Wildman–Crippen MR) is 116 cm³/mol. The SMILES string of the molecule is CCNC(=O)[C@H](CC)N(Cc1cccc(C)c1)C(=O)CSc1ccc(C)cc1. The van der Waals surface area contributed by atoms with Crippen LogP contribution in [0, 0.1) is 13.8 Å². The smallest absolute Gasteiger partial charge is 0.242 e. The van der Waals surface area contributed by atoms with Gasteiger partial charge in [-0.15, -0.1) is 11.8 Å². The van der Waals surface area contributed by atoms with Gasteiger partial charge in [-0.1, -0.05) is 54.4 Å². The third-order valence-electron chi connectivity index (χ3n) is 4.56. The molecule has 2 aromatic rings. The van der Waals surface area contributed by atoms with Gasteiger partial charge in [0.25, 0.3) is 0 Å². The first-order valence-electron chi connectivity index (χ1n) is 9.76. The Morgan fingerprint density at radius 1 is 1.04 bits per heavy atom. The summed E-state index contributed by atoms with van der Waals surface area (Å²) in [4.78, 5) is 28.5. The number of nitrogens with one attached hydrogen (secondary N) is 1. The van der Waals surface area contributed by atoms with Crippen LogP contribution in [0.5, 0.6) is 0 Å². The van der Waals surface area contributed by atoms with E-state index in [4.69, 9.17) is 0 Å². The summed E-state index contributed by atoms with van der Waals surface area (Å²) in [5, 5.41) is 2.87. The number of hydrogen-bond donors (Lipinski definition) is 1. The van der Waals surface area contributed by atoms with E-state index in [-0.39, 0.29) is 11.8 Å². The van der Waals surface area contributed by atoms with Crippen LogP contribution in [0.1, 0.15) is 37.0 Å². The van der Waals surface area contributed by atoms with Gasteiger partial charge in [-0.05, 0) is 44.9 Å². The van der Waals surface area contributed by atoms with Crippen molar-refractivity contribution in [2.24, 2.45) is 0 Å². The largest absolute Gasteiger partial charge is 0.355 e. The van der Waals surface area contributed by atoms with Crippen LogP contribution in [0.4, 0.5) is 0 Å². The van der Waals surface area contributed by atoms with Crippen molar-refractivity contribution in [3.05, 3.63) is 65.2 Å². The van der Waals surface area contributed by atoms with Crippen LogP contribution in [0.2, 0.25) is 0 Å². The molecular weight excluding hydrogens is 368 g/mol. The Kier molecular flexibility index (Phi) is 8.58. The Balaban J connectivity index is 2.18. The molecule has 28 heavy (non-hydrogen) atoms. The molecule has 0 aromatic heterocycles. The van der Waals surface area contributed by atoms with Crippen LogP contribution in [0.25, 0.3) is 0 Å². The normalized spacial score (nSPS) is 11.7. The van der Waals surface area contributed by atoms with Gasteiger partial charge in [0.15, 0.2) is 0 Å². The highest BCUT2D eigenvalue weighted by atomic mass is 32.2. The highest BCUT2D eigenvalue weighted by Gasteiger charge is 2.28. The molecule has 2 aromatic carbocycles. The summed E-state index contributed by atoms with van der Waals surface area (Å²) in [7, 11) is 0. The van der Waals surface area contributed by atoms with E-state index in [9.17, 15) is 9.59 Å². The molecule has 0 radical (unpaired) electrons. The number of benzene rings is 2. The van der Waals surface area contributed by atoms with Gasteiger partial charge >= 0.3 is 0 Å². The number of nitrogens with zero attached hydrogens (tertiary/aromatic N) is 1. The van der Waals surface area contributed by atoms with Crippen molar-refractivity contribution in [2.75, 3.05) is 12.3 Å². The minimum absolute atomic E-state index is 0.0230. The Hall–Kier alpha value is -2.27. The van der Waals surface area contributed by atoms with Crippen molar-refractivity contribution in [2.45, 2.75) is 51.6 Å². The standard InChI is InChI=1S/C23H30N2O2S/c1-5-21(23(27)24-6-2)25(15-19-9-7-8-18(4)14-19)22(26)16-28-20-12-10-17(3)11-13-20/h7-14,21H,5-6,15-16H2,1-4H3,(H,24,27)/t21-/m0/s1. The molecule has 0 heterocycles. The quantitative estimate of drug-likeness (QED) is 0.639. The van der Waals surface area contributed by atoms with Gasteiger partial charge in [-0.25, -0.2) is 0 Å². The monoisotopic (exact) mass is 398 g/mol. The number of likely N-dealkylation sites (N-methyl/N-ethyl adjacent to an activating group) is 1. The van der Waals surface area contributed by atoms with Crippen LogP contribution in [0.15, 0.2) is 53.4 Å². The summed E-state index contributed by atoms with van der Waals surface area (Å²) in [6, 6.07) is 15.8. The Labute approximate surface area is 172 Å². The molecule has 5 heteroatoms. The Morgan fingerprint density at radius 2 is 1.75 bits per heavy atom. The molecule has 0 fully saturated rings. The fraction of sp³-hybridized carbons (Fsp3) is 0.391. The fourth-order valence-electron chi connectivity index (χ4n) is 3.08. The van der Waals surface area contributed by atoms with Crippen molar-refractivity contribution >= 4 is 23.6 Å². The maximum absolute atomic E-state index is 13.1. The third kappa shape index (κ3) is 6.41. The zero-order valence-corrected chi connectivity index (χ0v) is 18.0. The van der Waals surface area contributed by atoms with Gasteiger partial charge in [-0.3, -0.25) is 9.59 Å². The van der Waals surface area contributed by atoms with Gasteiger partial charge < -0.3 is 10.2 Å². The van der Waals surface area contributed by atoms with Gasteiger partial charge in [0.1, 0.15) is 6.04 Å². The number of hydrogen-bond acceptors (Lipinski definition) is 3. The van der Waals surface area contributed by atoms with E-state index in [2.05, 4.69) is 11.4 Å². The van der Waals surface area contributed by atoms with E-state index < -0.39 is 6.04 Å². The van der Waals surface area contributed by atoms with E-state index in [1.807, 2.05) is 70.2 Å². The van der Waals surface area contributed by atoms with E-state index >= 15 is 0 Å². The molecule has 0 aliphatic rings. The minimum Gasteiger partial charge on any atom is -0.355 e. The van der Waals surface area contributed by atoms with Crippen LogP contribution in [-0.4, -0.2) is 35.1 Å². The molecule has 0 bridgehead atoms. The summed E-state index contributed by atoms with van der Waals surface area (Å²) in [6.07, 6.45) is 0.582. The van der Waals surface area contributed by atoms with Crippen molar-refractivity contribution < 1.29 is 9.59 Å². The lowest BCUT2D eigenvalue weighted by molar-refractivity contribution is -0.139. The maximum Gasteiger partial charge on any atom is 0.242 e. The molecule has 0 saturated carbocycles. The first-order chi connectivity index (χ1) is 13.4. The van der Waals surface area contributed by atoms with Gasteiger partial charge in [0, 0.05) is 18.0 Å². The Bertz CT molecular complexity index is 789. The number of carbonyl (C=O) groups is 2. The lowest BCUT2D eigenvalue weighted by Gasteiger charge is -2.30. The predicted octanol–water partition coefficient (Wildman–Crippen LogP) is 4.34. The van der Waals surface area contributed by atoms with Crippen molar-refractivity contribution in [1.82, 2.24) is 10.2 Å².